The summed E-state index contributed by atoms with van der Waals surface area (Å²) in [5.74, 6) is 1.86. The third-order valence-electron chi connectivity index (χ3n) is 15.3. The molecule has 0 radical (unpaired) electrons. The molecule has 0 aliphatic carbocycles. The monoisotopic (exact) mass is 1110 g/mol. The van der Waals surface area contributed by atoms with Crippen molar-refractivity contribution in [3.05, 3.63) is 289 Å². The molecule has 3 aromatic heterocycles. The van der Waals surface area contributed by atoms with E-state index in [1.807, 2.05) is 97.1 Å². The molecule has 0 aliphatic heterocycles. The van der Waals surface area contributed by atoms with Gasteiger partial charge in [0, 0.05) is 67.5 Å². The summed E-state index contributed by atoms with van der Waals surface area (Å²) < 4.78 is 12.3. The Balaban J connectivity index is 0.871. The summed E-state index contributed by atoms with van der Waals surface area (Å²) in [5.41, 5.74) is 23.5. The lowest BCUT2D eigenvalue weighted by Gasteiger charge is -2.26. The molecule has 0 atom stereocenters. The molecule has 0 fully saturated rings. The van der Waals surface area contributed by atoms with Crippen LogP contribution in [0, 0.1) is 27.7 Å². The average Bonchev–Trinajstić information content (AvgIpc) is 4.29. The predicted molar refractivity (Wildman–Crippen MR) is 347 cm³/mol. The summed E-state index contributed by atoms with van der Waals surface area (Å²) >= 11 is 0. The molecule has 0 N–H and O–H groups in total. The number of aromatic nitrogens is 6. The lowest BCUT2D eigenvalue weighted by molar-refractivity contribution is 0.584. The van der Waals surface area contributed by atoms with Gasteiger partial charge >= 0.3 is 0 Å². The smallest absolute Gasteiger partial charge is 0.248 e. The third kappa shape index (κ3) is 10.7. The number of hydrogen-bond acceptors (Lipinski definition) is 10. The number of fused-ring (bicyclic) bond motifs is 1. The van der Waals surface area contributed by atoms with Gasteiger partial charge in [0.05, 0.1) is 22.4 Å². The fourth-order valence-corrected chi connectivity index (χ4v) is 11.4. The Hall–Kier alpha value is -11.4. The number of nitrogens with zero attached hydrogens (tertiary/aromatic N) is 8. The predicted octanol–water partition coefficient (Wildman–Crippen LogP) is 19.9. The first-order chi connectivity index (χ1) is 42.2. The van der Waals surface area contributed by atoms with Gasteiger partial charge in [0.15, 0.2) is 0 Å². The van der Waals surface area contributed by atoms with Crippen molar-refractivity contribution < 1.29 is 8.83 Å². The SMILES string of the molecule is Cc1cc(C)cc(-c2cc3nc(-c4ccc(N(c5ccccc5)c5ccc(-c6nnc(-c7ccccc7)o6)cc5)cc4)c(-c4ccc(N(c5ccccc5)c5ccc(-c6nnc(-c7ccccc7)o6)cc5)cc4)nc3cc2-c2cc(C)cc(C)c2)c1. The molecule has 10 nitrogen and oxygen atoms in total. The van der Waals surface area contributed by atoms with Crippen LogP contribution in [0.4, 0.5) is 34.1 Å². The van der Waals surface area contributed by atoms with Crippen LogP contribution in [0.5, 0.6) is 0 Å². The maximum Gasteiger partial charge on any atom is 0.248 e. The van der Waals surface area contributed by atoms with Gasteiger partial charge in [0.25, 0.3) is 0 Å². The molecule has 0 saturated heterocycles. The minimum Gasteiger partial charge on any atom is -0.416 e. The average molecular weight is 1110 g/mol. The number of hydrogen-bond donors (Lipinski definition) is 0. The van der Waals surface area contributed by atoms with Gasteiger partial charge < -0.3 is 18.6 Å². The normalized spacial score (nSPS) is 11.3. The highest BCUT2D eigenvalue weighted by atomic mass is 16.4. The number of aryl methyl sites for hydroxylation is 4. The molecular formula is C76H56N8O2. The Morgan fingerprint density at radius 2 is 0.500 bits per heavy atom. The molecule has 0 bridgehead atoms. The molecule has 0 saturated carbocycles. The minimum absolute atomic E-state index is 0.453. The zero-order valence-corrected chi connectivity index (χ0v) is 47.8. The first kappa shape index (κ1) is 52.7. The molecule has 11 aromatic carbocycles. The molecule has 14 rings (SSSR count). The van der Waals surface area contributed by atoms with E-state index in [4.69, 9.17) is 18.8 Å². The lowest BCUT2D eigenvalue weighted by Crippen LogP contribution is -2.10. The van der Waals surface area contributed by atoms with Gasteiger partial charge in [-0.15, -0.1) is 20.4 Å². The zero-order valence-electron chi connectivity index (χ0n) is 47.8. The second-order valence-electron chi connectivity index (χ2n) is 21.6. The van der Waals surface area contributed by atoms with E-state index in [-0.39, 0.29) is 0 Å². The second-order valence-corrected chi connectivity index (χ2v) is 21.6. The Kier molecular flexibility index (Phi) is 14.0. The number of benzene rings is 11. The Morgan fingerprint density at radius 3 is 0.802 bits per heavy atom. The van der Waals surface area contributed by atoms with E-state index in [0.717, 1.165) is 112 Å². The standard InChI is InChI=1S/C76H56N8O2/c1-49-41-50(2)44-59(43-49)67-47-69-70(48-68(67)60-45-51(3)42-52(4)46-60)78-72(54-27-35-64(36-28-54)84(62-23-15-8-16-24-62)66-39-31-58(32-40-66)76-82-80-74(86-76)56-19-11-6-12-20-56)71(77-69)53-25-33-63(34-26-53)83(61-21-13-7-14-22-61)65-37-29-57(30-38-65)75-81-79-73(85-75)55-17-9-5-10-18-55/h5-48H,1-4H3. The highest BCUT2D eigenvalue weighted by molar-refractivity contribution is 5.97. The largest absolute Gasteiger partial charge is 0.416 e. The minimum atomic E-state index is 0.453. The van der Waals surface area contributed by atoms with Gasteiger partial charge in [0.2, 0.25) is 23.6 Å². The van der Waals surface area contributed by atoms with Crippen LogP contribution in [0.25, 0.3) is 102 Å². The Morgan fingerprint density at radius 1 is 0.244 bits per heavy atom. The van der Waals surface area contributed by atoms with Crippen LogP contribution in [-0.2, 0) is 0 Å². The quantitative estimate of drug-likeness (QED) is 0.104. The maximum atomic E-state index is 6.15. The van der Waals surface area contributed by atoms with Gasteiger partial charge in [-0.25, -0.2) is 9.97 Å². The molecule has 0 aliphatic rings. The highest BCUT2D eigenvalue weighted by Gasteiger charge is 2.22. The zero-order chi connectivity index (χ0) is 58.1. The van der Waals surface area contributed by atoms with E-state index in [1.165, 1.54) is 22.3 Å². The van der Waals surface area contributed by atoms with E-state index in [0.29, 0.717) is 23.6 Å². The first-order valence-corrected chi connectivity index (χ1v) is 28.6. The lowest BCUT2D eigenvalue weighted by atomic mass is 9.90. The maximum absolute atomic E-state index is 6.15. The highest BCUT2D eigenvalue weighted by Crippen LogP contribution is 2.43. The van der Waals surface area contributed by atoms with Crippen molar-refractivity contribution in [2.75, 3.05) is 9.80 Å². The Labute approximate surface area is 499 Å². The molecule has 0 spiro atoms. The van der Waals surface area contributed by atoms with E-state index in [9.17, 15) is 0 Å². The summed E-state index contributed by atoms with van der Waals surface area (Å²) in [6.07, 6.45) is 0. The summed E-state index contributed by atoms with van der Waals surface area (Å²) in [6.45, 7) is 8.64. The summed E-state index contributed by atoms with van der Waals surface area (Å²) in [4.78, 5) is 15.8. The molecule has 412 valence electrons. The van der Waals surface area contributed by atoms with Crippen molar-refractivity contribution in [3.8, 4) is 90.6 Å². The van der Waals surface area contributed by atoms with Gasteiger partial charge in [-0.3, -0.25) is 0 Å². The summed E-state index contributed by atoms with van der Waals surface area (Å²) in [7, 11) is 0. The van der Waals surface area contributed by atoms with Gasteiger partial charge in [-0.1, -0.05) is 156 Å². The van der Waals surface area contributed by atoms with Crippen molar-refractivity contribution in [1.29, 1.82) is 0 Å². The van der Waals surface area contributed by atoms with Crippen LogP contribution in [0.1, 0.15) is 22.3 Å². The van der Waals surface area contributed by atoms with Gasteiger partial charge in [-0.2, -0.15) is 0 Å². The van der Waals surface area contributed by atoms with Crippen molar-refractivity contribution in [3.63, 3.8) is 0 Å². The molecule has 0 amide bonds. The van der Waals surface area contributed by atoms with Crippen molar-refractivity contribution >= 4 is 45.2 Å². The molecule has 10 heteroatoms. The topological polar surface area (TPSA) is 110 Å². The number of rotatable bonds is 14. The van der Waals surface area contributed by atoms with Crippen LogP contribution in [0.3, 0.4) is 0 Å². The van der Waals surface area contributed by atoms with E-state index >= 15 is 0 Å². The van der Waals surface area contributed by atoms with Gasteiger partial charge in [-0.05, 0) is 183 Å². The van der Waals surface area contributed by atoms with Crippen LogP contribution in [0.2, 0.25) is 0 Å². The molecule has 0 unspecified atom stereocenters. The fraction of sp³-hybridized carbons (Fsp3) is 0.0526. The third-order valence-corrected chi connectivity index (χ3v) is 15.3. The van der Waals surface area contributed by atoms with E-state index in [2.05, 4.69) is 228 Å². The Bertz CT molecular complexity index is 4360. The van der Waals surface area contributed by atoms with Crippen molar-refractivity contribution in [1.82, 2.24) is 30.4 Å². The van der Waals surface area contributed by atoms with Crippen LogP contribution >= 0.6 is 0 Å². The number of para-hydroxylation sites is 2. The first-order valence-electron chi connectivity index (χ1n) is 28.6. The second kappa shape index (κ2) is 22.8. The van der Waals surface area contributed by atoms with Crippen molar-refractivity contribution in [2.24, 2.45) is 0 Å². The van der Waals surface area contributed by atoms with E-state index in [1.54, 1.807) is 0 Å². The summed E-state index contributed by atoms with van der Waals surface area (Å²) in [5, 5.41) is 17.5. The molecular weight excluding hydrogens is 1060 g/mol. The fourth-order valence-electron chi connectivity index (χ4n) is 11.4. The van der Waals surface area contributed by atoms with Crippen molar-refractivity contribution in [2.45, 2.75) is 27.7 Å². The summed E-state index contributed by atoms with van der Waals surface area (Å²) in [6, 6.07) is 92.1. The number of anilines is 6. The van der Waals surface area contributed by atoms with Gasteiger partial charge in [0.1, 0.15) is 0 Å². The van der Waals surface area contributed by atoms with E-state index < -0.39 is 0 Å². The molecule has 14 aromatic rings. The van der Waals surface area contributed by atoms with Crippen LogP contribution in [-0.4, -0.2) is 30.4 Å². The molecule has 3 heterocycles. The molecule has 86 heavy (non-hydrogen) atoms. The van der Waals surface area contributed by atoms with Crippen LogP contribution < -0.4 is 9.80 Å². The van der Waals surface area contributed by atoms with Crippen LogP contribution in [0.15, 0.2) is 276 Å².